The second kappa shape index (κ2) is 4.61. The van der Waals surface area contributed by atoms with Crippen molar-refractivity contribution in [2.45, 2.75) is 19.4 Å². The highest BCUT2D eigenvalue weighted by atomic mass is 16.2. The highest BCUT2D eigenvalue weighted by Gasteiger charge is 2.25. The van der Waals surface area contributed by atoms with Gasteiger partial charge in [0.1, 0.15) is 0 Å². The van der Waals surface area contributed by atoms with E-state index in [-0.39, 0.29) is 5.91 Å². The van der Waals surface area contributed by atoms with Crippen LogP contribution in [0.5, 0.6) is 0 Å². The molecular formula is C12H17N3O. The fourth-order valence-electron chi connectivity index (χ4n) is 2.03. The number of amides is 1. The van der Waals surface area contributed by atoms with Gasteiger partial charge in [-0.3, -0.25) is 9.78 Å². The molecule has 1 saturated heterocycles. The third-order valence-corrected chi connectivity index (χ3v) is 3.01. The summed E-state index contributed by atoms with van der Waals surface area (Å²) in [6, 6.07) is 2.32. The molecule has 1 aliphatic heterocycles. The Kier molecular flexibility index (Phi) is 3.19. The van der Waals surface area contributed by atoms with Gasteiger partial charge >= 0.3 is 0 Å². The summed E-state index contributed by atoms with van der Waals surface area (Å²) in [5.74, 6) is 0.0916. The number of rotatable bonds is 2. The molecule has 0 spiro atoms. The van der Waals surface area contributed by atoms with E-state index in [0.29, 0.717) is 11.6 Å². The first-order chi connectivity index (χ1) is 7.70. The Bertz CT molecular complexity index is 392. The number of hydrogen-bond donors (Lipinski definition) is 1. The van der Waals surface area contributed by atoms with Crippen LogP contribution in [0.3, 0.4) is 0 Å². The lowest BCUT2D eigenvalue weighted by Crippen LogP contribution is -2.33. The monoisotopic (exact) mass is 219 g/mol. The molecule has 4 heteroatoms. The Morgan fingerprint density at radius 3 is 3.00 bits per heavy atom. The van der Waals surface area contributed by atoms with Crippen molar-refractivity contribution in [3.63, 3.8) is 0 Å². The Balaban J connectivity index is 2.08. The van der Waals surface area contributed by atoms with Crippen LogP contribution in [0, 0.1) is 6.92 Å². The van der Waals surface area contributed by atoms with Crippen molar-refractivity contribution in [3.05, 3.63) is 29.6 Å². The van der Waals surface area contributed by atoms with Crippen molar-refractivity contribution in [3.8, 4) is 0 Å². The number of hydrogen-bond acceptors (Lipinski definition) is 3. The molecule has 1 unspecified atom stereocenters. The van der Waals surface area contributed by atoms with E-state index in [0.717, 1.165) is 25.1 Å². The van der Waals surface area contributed by atoms with Crippen LogP contribution in [-0.4, -0.2) is 42.0 Å². The molecule has 0 radical (unpaired) electrons. The van der Waals surface area contributed by atoms with E-state index in [1.165, 1.54) is 0 Å². The molecule has 16 heavy (non-hydrogen) atoms. The Morgan fingerprint density at radius 2 is 2.38 bits per heavy atom. The maximum atomic E-state index is 12.1. The van der Waals surface area contributed by atoms with Gasteiger partial charge in [0.2, 0.25) is 0 Å². The largest absolute Gasteiger partial charge is 0.337 e. The van der Waals surface area contributed by atoms with E-state index in [1.807, 2.05) is 24.9 Å². The molecule has 0 aliphatic carbocycles. The Hall–Kier alpha value is -1.42. The van der Waals surface area contributed by atoms with Crippen molar-refractivity contribution < 1.29 is 4.79 Å². The quantitative estimate of drug-likeness (QED) is 0.801. The zero-order chi connectivity index (χ0) is 11.5. The maximum absolute atomic E-state index is 12.1. The molecule has 4 nitrogen and oxygen atoms in total. The molecule has 1 amide bonds. The Morgan fingerprint density at radius 1 is 1.56 bits per heavy atom. The summed E-state index contributed by atoms with van der Waals surface area (Å²) in [4.78, 5) is 18.1. The standard InChI is InChI=1S/C12H17N3O/c1-9-5-10(7-14-6-9)12(16)15-4-3-11(8-15)13-2/h5-7,11,13H,3-4,8H2,1-2H3. The van der Waals surface area contributed by atoms with Gasteiger partial charge in [-0.15, -0.1) is 0 Å². The maximum Gasteiger partial charge on any atom is 0.255 e. The second-order valence-electron chi connectivity index (χ2n) is 4.28. The minimum atomic E-state index is 0.0916. The van der Waals surface area contributed by atoms with E-state index in [1.54, 1.807) is 12.4 Å². The number of carbonyl (C=O) groups is 1. The van der Waals surface area contributed by atoms with E-state index >= 15 is 0 Å². The number of nitrogens with zero attached hydrogens (tertiary/aromatic N) is 2. The number of likely N-dealkylation sites (tertiary alicyclic amines) is 1. The predicted molar refractivity (Wildman–Crippen MR) is 62.3 cm³/mol. The van der Waals surface area contributed by atoms with Crippen LogP contribution in [0.4, 0.5) is 0 Å². The number of aryl methyl sites for hydroxylation is 1. The molecule has 1 aromatic rings. The molecule has 86 valence electrons. The second-order valence-corrected chi connectivity index (χ2v) is 4.28. The molecular weight excluding hydrogens is 202 g/mol. The van der Waals surface area contributed by atoms with Gasteiger partial charge in [-0.1, -0.05) is 0 Å². The van der Waals surface area contributed by atoms with Gasteiger partial charge in [0.15, 0.2) is 0 Å². The molecule has 1 aliphatic rings. The normalized spacial score (nSPS) is 20.1. The average molecular weight is 219 g/mol. The van der Waals surface area contributed by atoms with Crippen molar-refractivity contribution in [1.29, 1.82) is 0 Å². The van der Waals surface area contributed by atoms with E-state index < -0.39 is 0 Å². The van der Waals surface area contributed by atoms with Gasteiger partial charge in [-0.2, -0.15) is 0 Å². The van der Waals surface area contributed by atoms with Crippen molar-refractivity contribution in [2.24, 2.45) is 0 Å². The highest BCUT2D eigenvalue weighted by Crippen LogP contribution is 2.13. The third kappa shape index (κ3) is 2.22. The summed E-state index contributed by atoms with van der Waals surface area (Å²) in [5, 5.41) is 3.20. The van der Waals surface area contributed by atoms with Crippen LogP contribution in [0.2, 0.25) is 0 Å². The zero-order valence-corrected chi connectivity index (χ0v) is 9.73. The summed E-state index contributed by atoms with van der Waals surface area (Å²) in [6.07, 6.45) is 4.43. The minimum absolute atomic E-state index is 0.0916. The fourth-order valence-corrected chi connectivity index (χ4v) is 2.03. The van der Waals surface area contributed by atoms with Crippen LogP contribution in [0.15, 0.2) is 18.5 Å². The van der Waals surface area contributed by atoms with Crippen LogP contribution < -0.4 is 5.32 Å². The van der Waals surface area contributed by atoms with Gasteiger partial charge in [0, 0.05) is 31.5 Å². The number of likely N-dealkylation sites (N-methyl/N-ethyl adjacent to an activating group) is 1. The molecule has 2 heterocycles. The lowest BCUT2D eigenvalue weighted by atomic mass is 10.2. The zero-order valence-electron chi connectivity index (χ0n) is 9.73. The van der Waals surface area contributed by atoms with Crippen molar-refractivity contribution in [2.75, 3.05) is 20.1 Å². The molecule has 1 aromatic heterocycles. The van der Waals surface area contributed by atoms with E-state index in [9.17, 15) is 4.79 Å². The topological polar surface area (TPSA) is 45.2 Å². The number of pyridine rings is 1. The third-order valence-electron chi connectivity index (χ3n) is 3.01. The first-order valence-corrected chi connectivity index (χ1v) is 5.59. The summed E-state index contributed by atoms with van der Waals surface area (Å²) in [5.41, 5.74) is 1.71. The van der Waals surface area contributed by atoms with Gasteiger partial charge in [0.05, 0.1) is 5.56 Å². The lowest BCUT2D eigenvalue weighted by Gasteiger charge is -2.16. The SMILES string of the molecule is CNC1CCN(C(=O)c2cncc(C)c2)C1. The number of carbonyl (C=O) groups excluding carboxylic acids is 1. The molecule has 0 bridgehead atoms. The smallest absolute Gasteiger partial charge is 0.255 e. The van der Waals surface area contributed by atoms with Crippen molar-refractivity contribution >= 4 is 5.91 Å². The van der Waals surface area contributed by atoms with Gasteiger partial charge < -0.3 is 10.2 Å². The number of nitrogens with one attached hydrogen (secondary N) is 1. The van der Waals surface area contributed by atoms with E-state index in [4.69, 9.17) is 0 Å². The van der Waals surface area contributed by atoms with Gasteiger partial charge in [0.25, 0.3) is 5.91 Å². The Labute approximate surface area is 95.7 Å². The minimum Gasteiger partial charge on any atom is -0.337 e. The summed E-state index contributed by atoms with van der Waals surface area (Å²) in [7, 11) is 1.94. The van der Waals surface area contributed by atoms with Crippen molar-refractivity contribution in [1.82, 2.24) is 15.2 Å². The van der Waals surface area contributed by atoms with Crippen LogP contribution in [0.25, 0.3) is 0 Å². The molecule has 1 atom stereocenters. The first kappa shape index (κ1) is 11.1. The lowest BCUT2D eigenvalue weighted by molar-refractivity contribution is 0.0789. The average Bonchev–Trinajstić information content (AvgIpc) is 2.76. The molecule has 0 aromatic carbocycles. The fraction of sp³-hybridized carbons (Fsp3) is 0.500. The summed E-state index contributed by atoms with van der Waals surface area (Å²) >= 11 is 0. The van der Waals surface area contributed by atoms with Crippen LogP contribution in [-0.2, 0) is 0 Å². The molecule has 2 rings (SSSR count). The van der Waals surface area contributed by atoms with Gasteiger partial charge in [-0.05, 0) is 32.0 Å². The van der Waals surface area contributed by atoms with E-state index in [2.05, 4.69) is 10.3 Å². The summed E-state index contributed by atoms with van der Waals surface area (Å²) in [6.45, 7) is 3.58. The predicted octanol–water partition coefficient (Wildman–Crippen LogP) is 0.824. The highest BCUT2D eigenvalue weighted by molar-refractivity contribution is 5.94. The van der Waals surface area contributed by atoms with Crippen LogP contribution in [0.1, 0.15) is 22.3 Å². The summed E-state index contributed by atoms with van der Waals surface area (Å²) < 4.78 is 0. The first-order valence-electron chi connectivity index (χ1n) is 5.59. The molecule has 0 saturated carbocycles. The van der Waals surface area contributed by atoms with Crippen LogP contribution >= 0.6 is 0 Å². The molecule has 1 N–H and O–H groups in total. The number of aromatic nitrogens is 1. The van der Waals surface area contributed by atoms with Gasteiger partial charge in [-0.25, -0.2) is 0 Å². The molecule has 1 fully saturated rings.